The number of aliphatic imine (C=N–C) groups is 1. The van der Waals surface area contributed by atoms with Crippen molar-refractivity contribution in [3.8, 4) is 6.07 Å². The Balaban J connectivity index is 2.20. The molecule has 1 aliphatic rings. The summed E-state index contributed by atoms with van der Waals surface area (Å²) < 4.78 is 13.5. The first-order valence-corrected chi connectivity index (χ1v) is 8.41. The van der Waals surface area contributed by atoms with Gasteiger partial charge in [0.2, 0.25) is 0 Å². The molecule has 132 valence electrons. The summed E-state index contributed by atoms with van der Waals surface area (Å²) in [5.41, 5.74) is 1.08. The maximum absolute atomic E-state index is 13.5. The first kappa shape index (κ1) is 18.7. The lowest BCUT2D eigenvalue weighted by molar-refractivity contribution is -0.115. The number of benzene rings is 1. The fourth-order valence-corrected chi connectivity index (χ4v) is 2.81. The van der Waals surface area contributed by atoms with Crippen molar-refractivity contribution in [3.63, 3.8) is 0 Å². The van der Waals surface area contributed by atoms with Gasteiger partial charge in [-0.1, -0.05) is 0 Å². The Morgan fingerprint density at radius 1 is 1.40 bits per heavy atom. The van der Waals surface area contributed by atoms with E-state index in [2.05, 4.69) is 16.0 Å². The molecule has 6 heteroatoms. The van der Waals surface area contributed by atoms with Gasteiger partial charge in [0.05, 0.1) is 17.8 Å². The number of likely N-dealkylation sites (tertiary alicyclic amines) is 1. The predicted octanol–water partition coefficient (Wildman–Crippen LogP) is 3.50. The Kier molecular flexibility index (Phi) is 6.70. The molecule has 1 saturated heterocycles. The Hall–Kier alpha value is -2.68. The van der Waals surface area contributed by atoms with Gasteiger partial charge in [0.25, 0.3) is 0 Å². The third kappa shape index (κ3) is 5.42. The molecule has 5 nitrogen and oxygen atoms in total. The fourth-order valence-electron chi connectivity index (χ4n) is 2.81. The smallest absolute Gasteiger partial charge is 0.195 e. The Bertz CT molecular complexity index is 729. The van der Waals surface area contributed by atoms with Gasteiger partial charge >= 0.3 is 0 Å². The summed E-state index contributed by atoms with van der Waals surface area (Å²) >= 11 is 0. The molecular weight excluding hydrogens is 321 g/mol. The van der Waals surface area contributed by atoms with E-state index in [1.54, 1.807) is 0 Å². The predicted molar refractivity (Wildman–Crippen MR) is 93.7 cm³/mol. The molecule has 0 spiro atoms. The van der Waals surface area contributed by atoms with Crippen molar-refractivity contribution in [2.45, 2.75) is 39.0 Å². The number of nitriles is 1. The Labute approximate surface area is 147 Å². The van der Waals surface area contributed by atoms with Gasteiger partial charge in [-0.3, -0.25) is 4.79 Å². The molecule has 0 amide bonds. The molecule has 1 aliphatic heterocycles. The molecule has 0 aromatic heterocycles. The average molecular weight is 343 g/mol. The standard InChI is InChI=1S/C19H22FN3O2/c1-14(24)18(25)13-22-19(23-9-3-2-4-10-23)8-6-15-11-17(20)7-5-16(15)12-21/h5,7,11,13,25H,2-4,6,8-10H2,1H3/b18-13+,22-19+. The minimum atomic E-state index is -0.446. The van der Waals surface area contributed by atoms with Crippen LogP contribution in [0.2, 0.25) is 0 Å². The highest BCUT2D eigenvalue weighted by atomic mass is 19.1. The van der Waals surface area contributed by atoms with Crippen LogP contribution in [0, 0.1) is 17.1 Å². The normalized spacial score (nSPS) is 15.8. The largest absolute Gasteiger partial charge is 0.503 e. The van der Waals surface area contributed by atoms with Gasteiger partial charge < -0.3 is 10.0 Å². The summed E-state index contributed by atoms with van der Waals surface area (Å²) in [6.07, 6.45) is 5.42. The van der Waals surface area contributed by atoms with Gasteiger partial charge in [-0.2, -0.15) is 5.26 Å². The number of aliphatic hydroxyl groups excluding tert-OH is 1. The number of carbonyl (C=O) groups is 1. The number of rotatable bonds is 5. The van der Waals surface area contributed by atoms with Gasteiger partial charge in [-0.25, -0.2) is 9.38 Å². The van der Waals surface area contributed by atoms with Crippen molar-refractivity contribution in [1.82, 2.24) is 4.90 Å². The summed E-state index contributed by atoms with van der Waals surface area (Å²) in [5, 5.41) is 18.7. The second kappa shape index (κ2) is 8.97. The summed E-state index contributed by atoms with van der Waals surface area (Å²) in [6.45, 7) is 3.00. The molecule has 0 bridgehead atoms. The zero-order chi connectivity index (χ0) is 18.2. The van der Waals surface area contributed by atoms with Crippen LogP contribution in [-0.4, -0.2) is 34.7 Å². The van der Waals surface area contributed by atoms with E-state index in [0.29, 0.717) is 24.0 Å². The number of aliphatic hydroxyl groups is 1. The van der Waals surface area contributed by atoms with Gasteiger partial charge in [0, 0.05) is 26.4 Å². The number of halogens is 1. The van der Waals surface area contributed by atoms with Crippen molar-refractivity contribution >= 4 is 11.6 Å². The number of aryl methyl sites for hydroxylation is 1. The minimum Gasteiger partial charge on any atom is -0.503 e. The van der Waals surface area contributed by atoms with Crippen molar-refractivity contribution in [1.29, 1.82) is 5.26 Å². The van der Waals surface area contributed by atoms with E-state index >= 15 is 0 Å². The molecule has 1 N–H and O–H groups in total. The minimum absolute atomic E-state index is 0.375. The molecular formula is C19H22FN3O2. The molecule has 0 aliphatic carbocycles. The highest BCUT2D eigenvalue weighted by molar-refractivity contribution is 5.91. The van der Waals surface area contributed by atoms with Gasteiger partial charge in [0.15, 0.2) is 11.5 Å². The molecule has 1 heterocycles. The summed E-state index contributed by atoms with van der Waals surface area (Å²) in [5.74, 6) is -0.475. The number of Topliss-reactive ketones (excluding diaryl/α,β-unsaturated/α-hetero) is 1. The molecule has 0 saturated carbocycles. The third-order valence-corrected chi connectivity index (χ3v) is 4.22. The Morgan fingerprint density at radius 2 is 2.12 bits per heavy atom. The highest BCUT2D eigenvalue weighted by Crippen LogP contribution is 2.16. The maximum Gasteiger partial charge on any atom is 0.195 e. The summed E-state index contributed by atoms with van der Waals surface area (Å²) in [4.78, 5) is 17.6. The first-order chi connectivity index (χ1) is 12.0. The lowest BCUT2D eigenvalue weighted by atomic mass is 10.0. The van der Waals surface area contributed by atoms with Crippen molar-refractivity contribution in [2.24, 2.45) is 4.99 Å². The van der Waals surface area contributed by atoms with Crippen molar-refractivity contribution < 1.29 is 14.3 Å². The zero-order valence-corrected chi connectivity index (χ0v) is 14.3. The van der Waals surface area contributed by atoms with Crippen LogP contribution in [0.15, 0.2) is 35.2 Å². The number of piperidine rings is 1. The number of amidine groups is 1. The molecule has 0 atom stereocenters. The first-order valence-electron chi connectivity index (χ1n) is 8.41. The molecule has 0 unspecified atom stereocenters. The van der Waals surface area contributed by atoms with Crippen LogP contribution in [0.1, 0.15) is 43.7 Å². The van der Waals surface area contributed by atoms with Gasteiger partial charge in [-0.05, 0) is 49.4 Å². The number of hydrogen-bond donors (Lipinski definition) is 1. The second-order valence-electron chi connectivity index (χ2n) is 6.08. The average Bonchev–Trinajstić information content (AvgIpc) is 2.62. The number of allylic oxidation sites excluding steroid dienone is 1. The number of ketones is 1. The fraction of sp³-hybridized carbons (Fsp3) is 0.421. The highest BCUT2D eigenvalue weighted by Gasteiger charge is 2.16. The van der Waals surface area contributed by atoms with E-state index in [9.17, 15) is 14.3 Å². The SMILES string of the molecule is CC(=O)/C(O)=C\N=C(/CCc1cc(F)ccc1C#N)N1CCCCC1. The third-order valence-electron chi connectivity index (χ3n) is 4.22. The zero-order valence-electron chi connectivity index (χ0n) is 14.3. The molecule has 1 aromatic rings. The second-order valence-corrected chi connectivity index (χ2v) is 6.08. The lowest BCUT2D eigenvalue weighted by Crippen LogP contribution is -2.35. The van der Waals surface area contributed by atoms with Crippen LogP contribution >= 0.6 is 0 Å². The van der Waals surface area contributed by atoms with Crippen molar-refractivity contribution in [2.75, 3.05) is 13.1 Å². The van der Waals surface area contributed by atoms with Gasteiger partial charge in [0.1, 0.15) is 11.7 Å². The van der Waals surface area contributed by atoms with Crippen LogP contribution in [-0.2, 0) is 11.2 Å². The van der Waals surface area contributed by atoms with Crippen LogP contribution in [0.3, 0.4) is 0 Å². The quantitative estimate of drug-likeness (QED) is 0.384. The van der Waals surface area contributed by atoms with E-state index in [0.717, 1.165) is 31.8 Å². The van der Waals surface area contributed by atoms with E-state index < -0.39 is 11.5 Å². The van der Waals surface area contributed by atoms with Crippen LogP contribution < -0.4 is 0 Å². The monoisotopic (exact) mass is 343 g/mol. The van der Waals surface area contributed by atoms with Gasteiger partial charge in [-0.15, -0.1) is 0 Å². The van der Waals surface area contributed by atoms with E-state index in [1.165, 1.54) is 37.7 Å². The molecule has 0 radical (unpaired) electrons. The topological polar surface area (TPSA) is 76.7 Å². The van der Waals surface area contributed by atoms with E-state index in [-0.39, 0.29) is 5.82 Å². The number of carbonyl (C=O) groups excluding carboxylic acids is 1. The van der Waals surface area contributed by atoms with E-state index in [4.69, 9.17) is 5.26 Å². The van der Waals surface area contributed by atoms with Crippen LogP contribution in [0.25, 0.3) is 0 Å². The number of nitrogens with zero attached hydrogens (tertiary/aromatic N) is 3. The van der Waals surface area contributed by atoms with Crippen LogP contribution in [0.5, 0.6) is 0 Å². The Morgan fingerprint density at radius 3 is 2.76 bits per heavy atom. The van der Waals surface area contributed by atoms with Crippen LogP contribution in [0.4, 0.5) is 4.39 Å². The molecule has 2 rings (SSSR count). The lowest BCUT2D eigenvalue weighted by Gasteiger charge is -2.29. The maximum atomic E-state index is 13.5. The molecule has 25 heavy (non-hydrogen) atoms. The van der Waals surface area contributed by atoms with Crippen molar-refractivity contribution in [3.05, 3.63) is 47.1 Å². The summed E-state index contributed by atoms with van der Waals surface area (Å²) in [7, 11) is 0. The number of hydrogen-bond acceptors (Lipinski definition) is 4. The molecule has 1 fully saturated rings. The molecule has 1 aromatic carbocycles. The van der Waals surface area contributed by atoms with E-state index in [1.807, 2.05) is 0 Å². The summed E-state index contributed by atoms with van der Waals surface area (Å²) in [6, 6.07) is 6.19.